The van der Waals surface area contributed by atoms with Crippen molar-refractivity contribution in [2.75, 3.05) is 18.6 Å². The van der Waals surface area contributed by atoms with Gasteiger partial charge in [-0.3, -0.25) is 4.79 Å². The molecule has 1 saturated heterocycles. The molecule has 0 aliphatic carbocycles. The number of rotatable bonds is 3. The molecule has 3 atom stereocenters. The first kappa shape index (κ1) is 14.1. The third-order valence-electron chi connectivity index (χ3n) is 4.54. The van der Waals surface area contributed by atoms with Crippen molar-refractivity contribution >= 4 is 27.5 Å². The van der Waals surface area contributed by atoms with Crippen LogP contribution in [0.5, 0.6) is 0 Å². The number of anilines is 1. The molecule has 2 heterocycles. The van der Waals surface area contributed by atoms with Gasteiger partial charge in [-0.05, 0) is 30.0 Å². The summed E-state index contributed by atoms with van der Waals surface area (Å²) in [6, 6.07) is 6.39. The number of likely N-dealkylation sites (N-methyl/N-ethyl adjacent to an activating group) is 1. The Morgan fingerprint density at radius 1 is 1.50 bits per heavy atom. The van der Waals surface area contributed by atoms with Gasteiger partial charge in [0.05, 0.1) is 12.5 Å². The van der Waals surface area contributed by atoms with Crippen molar-refractivity contribution in [2.24, 2.45) is 5.92 Å². The van der Waals surface area contributed by atoms with Crippen LogP contribution < -0.4 is 4.90 Å². The SMILES string of the molecule is CCC1OCCC1C(Br)c1ccc2c(c1)CC(=O)N2C. The van der Waals surface area contributed by atoms with E-state index in [2.05, 4.69) is 41.1 Å². The standard InChI is InChI=1S/C16H20BrNO2/c1-3-14-12(6-7-20-14)16(17)10-4-5-13-11(8-10)9-15(19)18(13)2/h4-5,8,12,14,16H,3,6-7,9H2,1-2H3. The van der Waals surface area contributed by atoms with Crippen LogP contribution in [-0.2, 0) is 16.0 Å². The molecule has 1 fully saturated rings. The second-order valence-corrected chi connectivity index (χ2v) is 6.68. The van der Waals surface area contributed by atoms with Crippen molar-refractivity contribution in [2.45, 2.75) is 37.1 Å². The zero-order valence-corrected chi connectivity index (χ0v) is 13.5. The largest absolute Gasteiger partial charge is 0.378 e. The van der Waals surface area contributed by atoms with E-state index in [1.807, 2.05) is 7.05 Å². The summed E-state index contributed by atoms with van der Waals surface area (Å²) in [5, 5.41) is 0. The monoisotopic (exact) mass is 337 g/mol. The van der Waals surface area contributed by atoms with Gasteiger partial charge in [-0.2, -0.15) is 0 Å². The van der Waals surface area contributed by atoms with Crippen LogP contribution in [0.4, 0.5) is 5.69 Å². The first-order valence-electron chi connectivity index (χ1n) is 7.27. The van der Waals surface area contributed by atoms with E-state index in [1.165, 1.54) is 5.56 Å². The molecule has 4 heteroatoms. The van der Waals surface area contributed by atoms with E-state index in [-0.39, 0.29) is 5.91 Å². The molecule has 0 radical (unpaired) electrons. The second-order valence-electron chi connectivity index (χ2n) is 5.69. The van der Waals surface area contributed by atoms with E-state index in [0.29, 0.717) is 23.3 Å². The van der Waals surface area contributed by atoms with Crippen LogP contribution in [0.1, 0.15) is 35.7 Å². The highest BCUT2D eigenvalue weighted by Crippen LogP contribution is 2.42. The van der Waals surface area contributed by atoms with Crippen molar-refractivity contribution in [3.05, 3.63) is 29.3 Å². The van der Waals surface area contributed by atoms with Gasteiger partial charge >= 0.3 is 0 Å². The molecule has 0 aromatic heterocycles. The lowest BCUT2D eigenvalue weighted by Gasteiger charge is -2.23. The fraction of sp³-hybridized carbons (Fsp3) is 0.562. The molecule has 2 aliphatic rings. The van der Waals surface area contributed by atoms with Gasteiger partial charge in [-0.1, -0.05) is 35.0 Å². The number of ether oxygens (including phenoxy) is 1. The Balaban J connectivity index is 1.85. The minimum Gasteiger partial charge on any atom is -0.378 e. The van der Waals surface area contributed by atoms with Gasteiger partial charge < -0.3 is 9.64 Å². The summed E-state index contributed by atoms with van der Waals surface area (Å²) in [7, 11) is 1.84. The molecule has 1 aromatic rings. The van der Waals surface area contributed by atoms with Gasteiger partial charge in [0, 0.05) is 30.1 Å². The molecule has 0 saturated carbocycles. The minimum atomic E-state index is 0.180. The van der Waals surface area contributed by atoms with Crippen LogP contribution in [0, 0.1) is 5.92 Å². The zero-order chi connectivity index (χ0) is 14.3. The van der Waals surface area contributed by atoms with Crippen LogP contribution in [0.2, 0.25) is 0 Å². The lowest BCUT2D eigenvalue weighted by atomic mass is 9.91. The van der Waals surface area contributed by atoms with Crippen LogP contribution >= 0.6 is 15.9 Å². The number of carbonyl (C=O) groups excluding carboxylic acids is 1. The molecule has 3 rings (SSSR count). The zero-order valence-electron chi connectivity index (χ0n) is 11.9. The summed E-state index contributed by atoms with van der Waals surface area (Å²) < 4.78 is 5.79. The smallest absolute Gasteiger partial charge is 0.231 e. The number of carbonyl (C=O) groups is 1. The van der Waals surface area contributed by atoms with Gasteiger partial charge in [0.1, 0.15) is 0 Å². The molecule has 1 amide bonds. The predicted molar refractivity (Wildman–Crippen MR) is 83.4 cm³/mol. The summed E-state index contributed by atoms with van der Waals surface area (Å²) in [6.45, 7) is 3.04. The third kappa shape index (κ3) is 2.29. The number of nitrogens with zero attached hydrogens (tertiary/aromatic N) is 1. The van der Waals surface area contributed by atoms with E-state index >= 15 is 0 Å². The molecule has 1 aromatic carbocycles. The maximum atomic E-state index is 11.8. The molecule has 2 aliphatic heterocycles. The molecule has 3 unspecified atom stereocenters. The van der Waals surface area contributed by atoms with Crippen LogP contribution in [0.25, 0.3) is 0 Å². The number of hydrogen-bond acceptors (Lipinski definition) is 2. The molecule has 3 nitrogen and oxygen atoms in total. The first-order valence-corrected chi connectivity index (χ1v) is 8.18. The minimum absolute atomic E-state index is 0.180. The fourth-order valence-electron chi connectivity index (χ4n) is 3.33. The lowest BCUT2D eigenvalue weighted by Crippen LogP contribution is -2.20. The molecular weight excluding hydrogens is 318 g/mol. The van der Waals surface area contributed by atoms with Gasteiger partial charge in [0.15, 0.2) is 0 Å². The van der Waals surface area contributed by atoms with E-state index in [1.54, 1.807) is 4.90 Å². The van der Waals surface area contributed by atoms with Crippen molar-refractivity contribution < 1.29 is 9.53 Å². The molecular formula is C16H20BrNO2. The van der Waals surface area contributed by atoms with Crippen molar-refractivity contribution in [1.29, 1.82) is 0 Å². The average Bonchev–Trinajstić information content (AvgIpc) is 3.03. The van der Waals surface area contributed by atoms with E-state index in [0.717, 1.165) is 30.7 Å². The van der Waals surface area contributed by atoms with Crippen molar-refractivity contribution in [1.82, 2.24) is 0 Å². The number of halogens is 1. The number of fused-ring (bicyclic) bond motifs is 1. The predicted octanol–water partition coefficient (Wildman–Crippen LogP) is 3.46. The molecule has 108 valence electrons. The summed E-state index contributed by atoms with van der Waals surface area (Å²) in [5.41, 5.74) is 3.46. The van der Waals surface area contributed by atoms with Gasteiger partial charge in [0.2, 0.25) is 5.91 Å². The van der Waals surface area contributed by atoms with E-state index < -0.39 is 0 Å². The molecule has 0 N–H and O–H groups in total. The van der Waals surface area contributed by atoms with Gasteiger partial charge in [-0.15, -0.1) is 0 Å². The Bertz CT molecular complexity index is 531. The molecule has 20 heavy (non-hydrogen) atoms. The Morgan fingerprint density at radius 2 is 2.30 bits per heavy atom. The summed E-state index contributed by atoms with van der Waals surface area (Å²) in [5.74, 6) is 0.701. The Hall–Kier alpha value is -0.870. The first-order chi connectivity index (χ1) is 9.61. The van der Waals surface area contributed by atoms with Crippen LogP contribution in [0.15, 0.2) is 18.2 Å². The van der Waals surface area contributed by atoms with E-state index in [4.69, 9.17) is 4.74 Å². The third-order valence-corrected chi connectivity index (χ3v) is 5.75. The quantitative estimate of drug-likeness (QED) is 0.790. The highest BCUT2D eigenvalue weighted by atomic mass is 79.9. The normalized spacial score (nSPS) is 26.9. The van der Waals surface area contributed by atoms with Crippen molar-refractivity contribution in [3.63, 3.8) is 0 Å². The van der Waals surface area contributed by atoms with E-state index in [9.17, 15) is 4.79 Å². The second kappa shape index (κ2) is 5.49. The average molecular weight is 338 g/mol. The number of hydrogen-bond donors (Lipinski definition) is 0. The van der Waals surface area contributed by atoms with Gasteiger partial charge in [-0.25, -0.2) is 0 Å². The van der Waals surface area contributed by atoms with Crippen LogP contribution in [-0.4, -0.2) is 25.7 Å². The Labute approximate surface area is 128 Å². The van der Waals surface area contributed by atoms with Crippen molar-refractivity contribution in [3.8, 4) is 0 Å². The Kier molecular flexibility index (Phi) is 3.87. The fourth-order valence-corrected chi connectivity index (χ4v) is 4.22. The highest BCUT2D eigenvalue weighted by molar-refractivity contribution is 9.09. The maximum Gasteiger partial charge on any atom is 0.231 e. The number of benzene rings is 1. The molecule has 0 bridgehead atoms. The highest BCUT2D eigenvalue weighted by Gasteiger charge is 2.34. The summed E-state index contributed by atoms with van der Waals surface area (Å²) in [4.78, 5) is 13.8. The number of alkyl halides is 1. The Morgan fingerprint density at radius 3 is 3.05 bits per heavy atom. The van der Waals surface area contributed by atoms with Crippen LogP contribution in [0.3, 0.4) is 0 Å². The molecule has 0 spiro atoms. The topological polar surface area (TPSA) is 29.5 Å². The summed E-state index contributed by atoms with van der Waals surface area (Å²) >= 11 is 3.85. The maximum absolute atomic E-state index is 11.8. The lowest BCUT2D eigenvalue weighted by molar-refractivity contribution is -0.117. The summed E-state index contributed by atoms with van der Waals surface area (Å²) in [6.07, 6.45) is 3.03. The van der Waals surface area contributed by atoms with Gasteiger partial charge in [0.25, 0.3) is 0 Å². The number of amides is 1.